The zero-order valence-electron chi connectivity index (χ0n) is 14.4. The minimum absolute atomic E-state index is 0.0987. The molecule has 1 unspecified atom stereocenters. The summed E-state index contributed by atoms with van der Waals surface area (Å²) in [5.74, 6) is -1.61. The van der Waals surface area contributed by atoms with Crippen molar-refractivity contribution < 1.29 is 32.3 Å². The lowest BCUT2D eigenvalue weighted by molar-refractivity contribution is -0.197. The number of alkyl carbamates (subject to hydrolysis) is 1. The molecule has 0 bridgehead atoms. The molecule has 29 heavy (non-hydrogen) atoms. The first-order chi connectivity index (χ1) is 13.6. The maximum atomic E-state index is 12.4. The van der Waals surface area contributed by atoms with Gasteiger partial charge >= 0.3 is 12.3 Å². The third-order valence-electron chi connectivity index (χ3n) is 3.48. The standard InChI is InChI=1S/C16H11F3N4O4S2/c1-7(16(17,18)19)27-15(26)23-11(24)8-3-5-28-13(8)22-12(25)14-21-9-6-20-4-2-10(9)29-14/h2-7H,1H3,(H,22,25)(H,23,24,26). The number of alkyl halides is 3. The van der Waals surface area contributed by atoms with Crippen molar-refractivity contribution in [1.82, 2.24) is 15.3 Å². The average molecular weight is 444 g/mol. The number of carbonyl (C=O) groups excluding carboxylic acids is 3. The smallest absolute Gasteiger partial charge is 0.425 e. The topological polar surface area (TPSA) is 110 Å². The Hall–Kier alpha value is -3.06. The van der Waals surface area contributed by atoms with Crippen molar-refractivity contribution >= 4 is 55.8 Å². The monoisotopic (exact) mass is 444 g/mol. The van der Waals surface area contributed by atoms with E-state index in [1.807, 2.05) is 0 Å². The van der Waals surface area contributed by atoms with Gasteiger partial charge in [0.2, 0.25) is 0 Å². The number of thiophene rings is 1. The lowest BCUT2D eigenvalue weighted by Crippen LogP contribution is -2.38. The Bertz CT molecular complexity index is 1050. The number of rotatable bonds is 4. The van der Waals surface area contributed by atoms with Crippen molar-refractivity contribution in [2.75, 3.05) is 5.32 Å². The molecule has 3 aromatic rings. The van der Waals surface area contributed by atoms with Gasteiger partial charge in [-0.2, -0.15) is 13.2 Å². The van der Waals surface area contributed by atoms with Gasteiger partial charge < -0.3 is 10.1 Å². The Morgan fingerprint density at radius 2 is 1.97 bits per heavy atom. The molecular formula is C16H11F3N4O4S2. The lowest BCUT2D eigenvalue weighted by atomic mass is 10.3. The molecule has 3 rings (SSSR count). The number of halogens is 3. The minimum atomic E-state index is -4.76. The number of carbonyl (C=O) groups is 3. The number of aromatic nitrogens is 2. The molecule has 3 amide bonds. The van der Waals surface area contributed by atoms with Crippen LogP contribution in [-0.2, 0) is 4.74 Å². The van der Waals surface area contributed by atoms with Gasteiger partial charge in [0.05, 0.1) is 16.5 Å². The number of imide groups is 1. The quantitative estimate of drug-likeness (QED) is 0.633. The summed E-state index contributed by atoms with van der Waals surface area (Å²) in [6, 6.07) is 3.00. The first-order valence-corrected chi connectivity index (χ1v) is 9.53. The summed E-state index contributed by atoms with van der Waals surface area (Å²) in [6.45, 7) is 0.633. The van der Waals surface area contributed by atoms with Gasteiger partial charge in [-0.3, -0.25) is 19.9 Å². The maximum Gasteiger partial charge on any atom is 0.425 e. The number of thiazole rings is 1. The highest BCUT2D eigenvalue weighted by atomic mass is 32.1. The number of hydrogen-bond donors (Lipinski definition) is 2. The molecule has 3 heterocycles. The van der Waals surface area contributed by atoms with Crippen molar-refractivity contribution in [3.05, 3.63) is 40.5 Å². The summed E-state index contributed by atoms with van der Waals surface area (Å²) in [5, 5.41) is 5.89. The third kappa shape index (κ3) is 4.86. The Morgan fingerprint density at radius 3 is 2.66 bits per heavy atom. The Morgan fingerprint density at radius 1 is 1.21 bits per heavy atom. The molecule has 0 spiro atoms. The lowest BCUT2D eigenvalue weighted by Gasteiger charge is -2.16. The van der Waals surface area contributed by atoms with Gasteiger partial charge in [0.15, 0.2) is 11.1 Å². The van der Waals surface area contributed by atoms with Gasteiger partial charge in [-0.05, 0) is 24.4 Å². The molecular weight excluding hydrogens is 433 g/mol. The number of anilines is 1. The maximum absolute atomic E-state index is 12.4. The van der Waals surface area contributed by atoms with Gasteiger partial charge in [-0.1, -0.05) is 0 Å². The highest BCUT2D eigenvalue weighted by Crippen LogP contribution is 2.26. The average Bonchev–Trinajstić information content (AvgIpc) is 3.27. The number of nitrogens with zero attached hydrogens (tertiary/aromatic N) is 2. The summed E-state index contributed by atoms with van der Waals surface area (Å²) in [7, 11) is 0. The van der Waals surface area contributed by atoms with Crippen molar-refractivity contribution in [2.24, 2.45) is 0 Å². The van der Waals surface area contributed by atoms with Crippen LogP contribution in [0.3, 0.4) is 0 Å². The first-order valence-electron chi connectivity index (χ1n) is 7.83. The Kier molecular flexibility index (Phi) is 5.79. The molecule has 8 nitrogen and oxygen atoms in total. The number of amides is 3. The molecule has 1 atom stereocenters. The van der Waals surface area contributed by atoms with E-state index in [1.165, 1.54) is 17.6 Å². The van der Waals surface area contributed by atoms with E-state index in [0.29, 0.717) is 12.4 Å². The largest absolute Gasteiger partial charge is 0.437 e. The van der Waals surface area contributed by atoms with Crippen LogP contribution < -0.4 is 10.6 Å². The fourth-order valence-electron chi connectivity index (χ4n) is 2.04. The molecule has 3 aromatic heterocycles. The molecule has 0 saturated carbocycles. The van der Waals surface area contributed by atoms with Crippen molar-refractivity contribution in [3.63, 3.8) is 0 Å². The summed E-state index contributed by atoms with van der Waals surface area (Å²) in [6.07, 6.45) is -5.63. The molecule has 0 aromatic carbocycles. The SMILES string of the molecule is CC(OC(=O)NC(=O)c1ccsc1NC(=O)c1nc2cnccc2s1)C(F)(F)F. The summed E-state index contributed by atoms with van der Waals surface area (Å²) < 4.78 is 42.1. The van der Waals surface area contributed by atoms with Gasteiger partial charge in [0.25, 0.3) is 11.8 Å². The molecule has 152 valence electrons. The van der Waals surface area contributed by atoms with E-state index >= 15 is 0 Å². The predicted molar refractivity (Wildman–Crippen MR) is 99.2 cm³/mol. The second kappa shape index (κ2) is 8.13. The van der Waals surface area contributed by atoms with Gasteiger partial charge in [-0.25, -0.2) is 9.78 Å². The molecule has 13 heteroatoms. The Labute approximate surface area is 168 Å². The highest BCUT2D eigenvalue weighted by Gasteiger charge is 2.39. The number of hydrogen-bond acceptors (Lipinski definition) is 8. The van der Waals surface area contributed by atoms with Crippen LogP contribution in [0.25, 0.3) is 10.2 Å². The third-order valence-corrected chi connectivity index (χ3v) is 5.35. The Balaban J connectivity index is 1.67. The molecule has 2 N–H and O–H groups in total. The van der Waals surface area contributed by atoms with Gasteiger partial charge in [-0.15, -0.1) is 22.7 Å². The normalized spacial score (nSPS) is 12.4. The molecule has 0 aliphatic rings. The van der Waals surface area contributed by atoms with Gasteiger partial charge in [0.1, 0.15) is 10.5 Å². The van der Waals surface area contributed by atoms with E-state index in [2.05, 4.69) is 20.0 Å². The van der Waals surface area contributed by atoms with Crippen LogP contribution in [0, 0.1) is 0 Å². The highest BCUT2D eigenvalue weighted by molar-refractivity contribution is 7.20. The van der Waals surface area contributed by atoms with E-state index in [9.17, 15) is 27.6 Å². The van der Waals surface area contributed by atoms with Crippen molar-refractivity contribution in [3.8, 4) is 0 Å². The number of ether oxygens (including phenoxy) is 1. The molecule has 0 fully saturated rings. The minimum Gasteiger partial charge on any atom is -0.437 e. The second-order valence-corrected chi connectivity index (χ2v) is 7.47. The van der Waals surface area contributed by atoms with Crippen LogP contribution in [0.1, 0.15) is 27.1 Å². The van der Waals surface area contributed by atoms with E-state index in [0.717, 1.165) is 27.4 Å². The summed E-state index contributed by atoms with van der Waals surface area (Å²) in [4.78, 5) is 44.1. The van der Waals surface area contributed by atoms with E-state index in [4.69, 9.17) is 0 Å². The zero-order valence-corrected chi connectivity index (χ0v) is 16.1. The van der Waals surface area contributed by atoms with Crippen LogP contribution in [-0.4, -0.2) is 40.2 Å². The van der Waals surface area contributed by atoms with E-state index < -0.39 is 30.2 Å². The molecule has 0 radical (unpaired) electrons. The van der Waals surface area contributed by atoms with Crippen LogP contribution in [0.15, 0.2) is 29.9 Å². The van der Waals surface area contributed by atoms with Crippen LogP contribution >= 0.6 is 22.7 Å². The second-order valence-electron chi connectivity index (χ2n) is 5.52. The van der Waals surface area contributed by atoms with Crippen LogP contribution in [0.4, 0.5) is 23.0 Å². The summed E-state index contributed by atoms with van der Waals surface area (Å²) >= 11 is 2.11. The number of fused-ring (bicyclic) bond motifs is 1. The van der Waals surface area contributed by atoms with Crippen molar-refractivity contribution in [2.45, 2.75) is 19.2 Å². The van der Waals surface area contributed by atoms with Crippen LogP contribution in [0.2, 0.25) is 0 Å². The summed E-state index contributed by atoms with van der Waals surface area (Å²) in [5.41, 5.74) is 0.427. The molecule has 0 aliphatic carbocycles. The predicted octanol–water partition coefficient (Wildman–Crippen LogP) is 3.82. The van der Waals surface area contributed by atoms with Crippen molar-refractivity contribution in [1.29, 1.82) is 0 Å². The molecule has 0 aliphatic heterocycles. The molecule has 0 saturated heterocycles. The fourth-order valence-corrected chi connectivity index (χ4v) is 3.64. The number of pyridine rings is 1. The fraction of sp³-hybridized carbons (Fsp3) is 0.188. The number of nitrogens with one attached hydrogen (secondary N) is 2. The van der Waals surface area contributed by atoms with E-state index in [1.54, 1.807) is 17.6 Å². The zero-order chi connectivity index (χ0) is 21.2. The first kappa shape index (κ1) is 20.7. The van der Waals surface area contributed by atoms with E-state index in [-0.39, 0.29) is 15.6 Å². The van der Waals surface area contributed by atoms with Crippen LogP contribution in [0.5, 0.6) is 0 Å². The van der Waals surface area contributed by atoms with Gasteiger partial charge in [0, 0.05) is 6.20 Å².